The fourth-order valence-corrected chi connectivity index (χ4v) is 2.62. The first-order valence-electron chi connectivity index (χ1n) is 6.82. The molecule has 2 N–H and O–H groups in total. The summed E-state index contributed by atoms with van der Waals surface area (Å²) in [5.74, 6) is 0. The molecular formula is C15H22N4. The summed E-state index contributed by atoms with van der Waals surface area (Å²) in [6.45, 7) is 4.96. The summed E-state index contributed by atoms with van der Waals surface area (Å²) >= 11 is 0. The van der Waals surface area contributed by atoms with E-state index in [1.54, 1.807) is 0 Å². The molecule has 102 valence electrons. The Morgan fingerprint density at radius 2 is 2.05 bits per heavy atom. The minimum absolute atomic E-state index is 0.389. The Balaban J connectivity index is 2.22. The molecule has 1 aromatic carbocycles. The second kappa shape index (κ2) is 6.05. The predicted octanol–water partition coefficient (Wildman–Crippen LogP) is 1.42. The van der Waals surface area contributed by atoms with E-state index in [1.165, 1.54) is 5.69 Å². The van der Waals surface area contributed by atoms with Crippen LogP contribution in [0.4, 0.5) is 5.69 Å². The molecule has 1 aliphatic heterocycles. The fourth-order valence-electron chi connectivity index (χ4n) is 2.62. The third kappa shape index (κ3) is 3.06. The number of anilines is 1. The number of rotatable bonds is 2. The highest BCUT2D eigenvalue weighted by Crippen LogP contribution is 2.23. The van der Waals surface area contributed by atoms with Crippen LogP contribution in [0.5, 0.6) is 0 Å². The Hall–Kier alpha value is -1.57. The van der Waals surface area contributed by atoms with Gasteiger partial charge in [0.05, 0.1) is 11.6 Å². The zero-order valence-electron chi connectivity index (χ0n) is 11.7. The molecule has 1 aromatic rings. The van der Waals surface area contributed by atoms with Gasteiger partial charge in [0, 0.05) is 37.4 Å². The summed E-state index contributed by atoms with van der Waals surface area (Å²) in [5.41, 5.74) is 7.77. The van der Waals surface area contributed by atoms with Gasteiger partial charge in [0.2, 0.25) is 0 Å². The van der Waals surface area contributed by atoms with Crippen LogP contribution in [0.3, 0.4) is 0 Å². The van der Waals surface area contributed by atoms with E-state index >= 15 is 0 Å². The molecule has 0 radical (unpaired) electrons. The van der Waals surface area contributed by atoms with Crippen molar-refractivity contribution in [2.45, 2.75) is 25.4 Å². The van der Waals surface area contributed by atoms with Crippen LogP contribution in [0.25, 0.3) is 0 Å². The van der Waals surface area contributed by atoms with E-state index in [4.69, 9.17) is 11.0 Å². The Morgan fingerprint density at radius 1 is 1.37 bits per heavy atom. The minimum Gasteiger partial charge on any atom is -0.367 e. The van der Waals surface area contributed by atoms with E-state index in [0.29, 0.717) is 24.2 Å². The van der Waals surface area contributed by atoms with Gasteiger partial charge in [-0.2, -0.15) is 5.26 Å². The molecule has 19 heavy (non-hydrogen) atoms. The lowest BCUT2D eigenvalue weighted by molar-refractivity contribution is 0.265. The van der Waals surface area contributed by atoms with Crippen LogP contribution in [0.1, 0.15) is 18.9 Å². The van der Waals surface area contributed by atoms with Crippen molar-refractivity contribution in [2.24, 2.45) is 5.73 Å². The van der Waals surface area contributed by atoms with Gasteiger partial charge in [-0.25, -0.2) is 0 Å². The lowest BCUT2D eigenvalue weighted by atomic mass is 10.1. The highest BCUT2D eigenvalue weighted by molar-refractivity contribution is 5.50. The normalized spacial score (nSPS) is 24.8. The minimum atomic E-state index is 0.389. The van der Waals surface area contributed by atoms with Gasteiger partial charge in [-0.1, -0.05) is 0 Å². The fraction of sp³-hybridized carbons (Fsp3) is 0.533. The van der Waals surface area contributed by atoms with E-state index in [1.807, 2.05) is 24.3 Å². The van der Waals surface area contributed by atoms with Crippen LogP contribution >= 0.6 is 0 Å². The first kappa shape index (κ1) is 13.9. The van der Waals surface area contributed by atoms with Crippen molar-refractivity contribution in [3.8, 4) is 6.07 Å². The number of hydrogen-bond acceptors (Lipinski definition) is 4. The van der Waals surface area contributed by atoms with Gasteiger partial charge in [0.25, 0.3) is 0 Å². The standard InChI is InChI=1S/C15H22N4/c1-12-7-8-18(2)15(10-17)11-19(12)14-5-3-13(9-16)4-6-14/h3-6,12,15H,7-8,10-11,17H2,1-2H3. The average Bonchev–Trinajstić information content (AvgIpc) is 2.59. The third-order valence-electron chi connectivity index (χ3n) is 4.06. The van der Waals surface area contributed by atoms with Crippen LogP contribution in [0.2, 0.25) is 0 Å². The Kier molecular flexibility index (Phi) is 4.41. The summed E-state index contributed by atoms with van der Waals surface area (Å²) < 4.78 is 0. The number of nitrogens with zero attached hydrogens (tertiary/aromatic N) is 3. The maximum absolute atomic E-state index is 8.86. The Labute approximate surface area is 115 Å². The maximum atomic E-state index is 8.86. The third-order valence-corrected chi connectivity index (χ3v) is 4.06. The first-order chi connectivity index (χ1) is 9.15. The van der Waals surface area contributed by atoms with Crippen molar-refractivity contribution < 1.29 is 0 Å². The summed E-state index contributed by atoms with van der Waals surface area (Å²) in [5, 5.41) is 8.86. The number of benzene rings is 1. The van der Waals surface area contributed by atoms with Crippen molar-refractivity contribution >= 4 is 5.69 Å². The molecule has 2 atom stereocenters. The average molecular weight is 258 g/mol. The van der Waals surface area contributed by atoms with E-state index in [9.17, 15) is 0 Å². The van der Waals surface area contributed by atoms with Crippen LogP contribution < -0.4 is 10.6 Å². The Bertz CT molecular complexity index is 448. The molecular weight excluding hydrogens is 236 g/mol. The topological polar surface area (TPSA) is 56.3 Å². The number of hydrogen-bond donors (Lipinski definition) is 1. The summed E-state index contributed by atoms with van der Waals surface area (Å²) in [6.07, 6.45) is 1.13. The summed E-state index contributed by atoms with van der Waals surface area (Å²) in [4.78, 5) is 4.75. The molecule has 1 saturated heterocycles. The van der Waals surface area contributed by atoms with Crippen LogP contribution in [0.15, 0.2) is 24.3 Å². The predicted molar refractivity (Wildman–Crippen MR) is 78.1 cm³/mol. The molecule has 0 amide bonds. The molecule has 0 spiro atoms. The zero-order chi connectivity index (χ0) is 13.8. The molecule has 2 unspecified atom stereocenters. The molecule has 0 bridgehead atoms. The summed E-state index contributed by atoms with van der Waals surface area (Å²) in [7, 11) is 2.15. The number of nitrogens with two attached hydrogens (primary N) is 1. The molecule has 4 nitrogen and oxygen atoms in total. The molecule has 0 aromatic heterocycles. The lowest BCUT2D eigenvalue weighted by Gasteiger charge is -2.32. The zero-order valence-corrected chi connectivity index (χ0v) is 11.7. The largest absolute Gasteiger partial charge is 0.367 e. The van der Waals surface area contributed by atoms with Crippen molar-refractivity contribution in [3.63, 3.8) is 0 Å². The van der Waals surface area contributed by atoms with Gasteiger partial charge in [-0.05, 0) is 44.7 Å². The van der Waals surface area contributed by atoms with Crippen molar-refractivity contribution in [2.75, 3.05) is 31.6 Å². The number of nitriles is 1. The first-order valence-corrected chi connectivity index (χ1v) is 6.82. The molecule has 2 rings (SSSR count). The quantitative estimate of drug-likeness (QED) is 0.871. The van der Waals surface area contributed by atoms with Gasteiger partial charge in [0.15, 0.2) is 0 Å². The van der Waals surface area contributed by atoms with Crippen LogP contribution in [0, 0.1) is 11.3 Å². The molecule has 0 saturated carbocycles. The van der Waals surface area contributed by atoms with Crippen molar-refractivity contribution in [1.29, 1.82) is 5.26 Å². The van der Waals surface area contributed by atoms with Gasteiger partial charge in [-0.15, -0.1) is 0 Å². The SMILES string of the molecule is CC1CCN(C)C(CN)CN1c1ccc(C#N)cc1. The second-order valence-corrected chi connectivity index (χ2v) is 5.32. The monoisotopic (exact) mass is 258 g/mol. The molecule has 1 fully saturated rings. The van der Waals surface area contributed by atoms with Crippen molar-refractivity contribution in [3.05, 3.63) is 29.8 Å². The van der Waals surface area contributed by atoms with E-state index < -0.39 is 0 Å². The molecule has 4 heteroatoms. The second-order valence-electron chi connectivity index (χ2n) is 5.32. The van der Waals surface area contributed by atoms with Crippen LogP contribution in [-0.4, -0.2) is 43.7 Å². The van der Waals surface area contributed by atoms with Crippen LogP contribution in [-0.2, 0) is 0 Å². The summed E-state index contributed by atoms with van der Waals surface area (Å²) in [6, 6.07) is 10.9. The maximum Gasteiger partial charge on any atom is 0.0991 e. The van der Waals surface area contributed by atoms with E-state index in [0.717, 1.165) is 19.5 Å². The molecule has 1 heterocycles. The highest BCUT2D eigenvalue weighted by Gasteiger charge is 2.25. The Morgan fingerprint density at radius 3 is 2.63 bits per heavy atom. The molecule has 0 aliphatic carbocycles. The highest BCUT2D eigenvalue weighted by atomic mass is 15.3. The lowest BCUT2D eigenvalue weighted by Crippen LogP contribution is -2.45. The number of likely N-dealkylation sites (N-methyl/N-ethyl adjacent to an activating group) is 1. The van der Waals surface area contributed by atoms with Gasteiger partial charge in [0.1, 0.15) is 0 Å². The van der Waals surface area contributed by atoms with E-state index in [-0.39, 0.29) is 0 Å². The van der Waals surface area contributed by atoms with E-state index in [2.05, 4.69) is 29.8 Å². The van der Waals surface area contributed by atoms with Gasteiger partial charge in [-0.3, -0.25) is 0 Å². The van der Waals surface area contributed by atoms with Gasteiger partial charge < -0.3 is 15.5 Å². The smallest absolute Gasteiger partial charge is 0.0991 e. The van der Waals surface area contributed by atoms with Gasteiger partial charge >= 0.3 is 0 Å². The molecule has 1 aliphatic rings. The van der Waals surface area contributed by atoms with Crippen molar-refractivity contribution in [1.82, 2.24) is 4.90 Å².